The first-order valence-corrected chi connectivity index (χ1v) is 7.15. The number of thiazole rings is 1. The van der Waals surface area contributed by atoms with Gasteiger partial charge in [-0.25, -0.2) is 14.5 Å². The minimum absolute atomic E-state index is 0.00498. The van der Waals surface area contributed by atoms with Gasteiger partial charge in [0.05, 0.1) is 24.5 Å². The van der Waals surface area contributed by atoms with Crippen LogP contribution in [-0.4, -0.2) is 49.0 Å². The van der Waals surface area contributed by atoms with Gasteiger partial charge in [0.15, 0.2) is 5.69 Å². The Morgan fingerprint density at radius 2 is 2.25 bits per heavy atom. The van der Waals surface area contributed by atoms with E-state index >= 15 is 0 Å². The Morgan fingerprint density at radius 3 is 2.80 bits per heavy atom. The maximum Gasteiger partial charge on any atom is 0.358 e. The van der Waals surface area contributed by atoms with E-state index in [1.807, 2.05) is 6.92 Å². The van der Waals surface area contributed by atoms with Gasteiger partial charge < -0.3 is 5.11 Å². The maximum atomic E-state index is 10.7. The number of carboxylic acids is 1. The largest absolute Gasteiger partial charge is 0.476 e. The molecule has 0 bridgehead atoms. The van der Waals surface area contributed by atoms with Crippen LogP contribution in [0.4, 0.5) is 0 Å². The second-order valence-electron chi connectivity index (χ2n) is 4.99. The lowest BCUT2D eigenvalue weighted by atomic mass is 10.1. The van der Waals surface area contributed by atoms with E-state index in [1.165, 1.54) is 11.1 Å². The van der Waals surface area contributed by atoms with Gasteiger partial charge >= 0.3 is 5.97 Å². The molecule has 3 rings (SSSR count). The van der Waals surface area contributed by atoms with Gasteiger partial charge in [0.2, 0.25) is 0 Å². The van der Waals surface area contributed by atoms with E-state index in [2.05, 4.69) is 27.1 Å². The summed E-state index contributed by atoms with van der Waals surface area (Å²) >= 11 is 1.73. The first kappa shape index (κ1) is 13.2. The molecule has 7 nitrogen and oxygen atoms in total. The second-order valence-corrected chi connectivity index (χ2v) is 6.27. The highest BCUT2D eigenvalue weighted by molar-refractivity contribution is 7.11. The minimum Gasteiger partial charge on any atom is -0.476 e. The number of aromatic nitrogens is 4. The highest BCUT2D eigenvalue weighted by Crippen LogP contribution is 2.25. The van der Waals surface area contributed by atoms with Gasteiger partial charge in [0, 0.05) is 18.0 Å². The molecule has 0 unspecified atom stereocenters. The fraction of sp³-hybridized carbons (Fsp3) is 0.500. The van der Waals surface area contributed by atoms with Crippen molar-refractivity contribution in [3.05, 3.63) is 27.5 Å². The molecule has 0 atom stereocenters. The standard InChI is InChI=1S/C12H15N5O2S/c1-7-8(2)20-11(13-7)6-16-3-9(4-16)17-5-10(12(18)19)14-15-17/h5,9H,3-4,6H2,1-2H3,(H,18,19). The Bertz CT molecular complexity index is 625. The number of nitrogens with zero attached hydrogens (tertiary/aromatic N) is 5. The van der Waals surface area contributed by atoms with Crippen LogP contribution in [0.1, 0.15) is 32.1 Å². The van der Waals surface area contributed by atoms with Crippen LogP contribution >= 0.6 is 11.3 Å². The van der Waals surface area contributed by atoms with Crippen LogP contribution in [0.25, 0.3) is 0 Å². The minimum atomic E-state index is -1.04. The van der Waals surface area contributed by atoms with Crippen molar-refractivity contribution in [1.82, 2.24) is 24.9 Å². The van der Waals surface area contributed by atoms with Crippen LogP contribution in [0.15, 0.2) is 6.20 Å². The van der Waals surface area contributed by atoms with Crippen LogP contribution < -0.4 is 0 Å². The Hall–Kier alpha value is -1.80. The molecule has 0 aliphatic carbocycles. The highest BCUT2D eigenvalue weighted by Gasteiger charge is 2.30. The van der Waals surface area contributed by atoms with Gasteiger partial charge in [-0.15, -0.1) is 16.4 Å². The molecule has 1 saturated heterocycles. The van der Waals surface area contributed by atoms with Crippen molar-refractivity contribution in [2.45, 2.75) is 26.4 Å². The van der Waals surface area contributed by atoms with Gasteiger partial charge in [-0.1, -0.05) is 5.21 Å². The zero-order valence-electron chi connectivity index (χ0n) is 11.3. The number of aryl methyl sites for hydroxylation is 2. The summed E-state index contributed by atoms with van der Waals surface area (Å²) in [6.07, 6.45) is 1.49. The monoisotopic (exact) mass is 293 g/mol. The predicted molar refractivity (Wildman–Crippen MR) is 72.9 cm³/mol. The molecule has 106 valence electrons. The van der Waals surface area contributed by atoms with Crippen molar-refractivity contribution in [1.29, 1.82) is 0 Å². The molecule has 0 spiro atoms. The molecule has 1 aliphatic rings. The van der Waals surface area contributed by atoms with Crippen molar-refractivity contribution in [3.63, 3.8) is 0 Å². The predicted octanol–water partition coefficient (Wildman–Crippen LogP) is 1.11. The number of aromatic carboxylic acids is 1. The van der Waals surface area contributed by atoms with Gasteiger partial charge in [-0.3, -0.25) is 4.90 Å². The second kappa shape index (κ2) is 4.95. The molecule has 0 amide bonds. The molecular weight excluding hydrogens is 278 g/mol. The van der Waals surface area contributed by atoms with E-state index in [0.717, 1.165) is 30.3 Å². The average Bonchev–Trinajstić information content (AvgIpc) is 2.92. The summed E-state index contributed by atoms with van der Waals surface area (Å²) in [4.78, 5) is 18.8. The lowest BCUT2D eigenvalue weighted by molar-refractivity contribution is 0.0690. The Morgan fingerprint density at radius 1 is 1.50 bits per heavy atom. The molecule has 1 fully saturated rings. The fourth-order valence-electron chi connectivity index (χ4n) is 2.19. The average molecular weight is 293 g/mol. The quantitative estimate of drug-likeness (QED) is 0.909. The molecule has 0 radical (unpaired) electrons. The summed E-state index contributed by atoms with van der Waals surface area (Å²) < 4.78 is 1.64. The fourth-order valence-corrected chi connectivity index (χ4v) is 3.17. The summed E-state index contributed by atoms with van der Waals surface area (Å²) in [5, 5.41) is 17.4. The van der Waals surface area contributed by atoms with E-state index < -0.39 is 5.97 Å². The van der Waals surface area contributed by atoms with E-state index in [1.54, 1.807) is 16.0 Å². The van der Waals surface area contributed by atoms with Crippen LogP contribution in [0.2, 0.25) is 0 Å². The Balaban J connectivity index is 1.56. The van der Waals surface area contributed by atoms with E-state index in [0.29, 0.717) is 0 Å². The molecule has 3 heterocycles. The summed E-state index contributed by atoms with van der Waals surface area (Å²) in [5.74, 6) is -1.04. The normalized spacial score (nSPS) is 16.3. The van der Waals surface area contributed by atoms with E-state index in [-0.39, 0.29) is 11.7 Å². The molecule has 0 saturated carbocycles. The third-order valence-electron chi connectivity index (χ3n) is 3.47. The van der Waals surface area contributed by atoms with Gasteiger partial charge in [-0.05, 0) is 13.8 Å². The van der Waals surface area contributed by atoms with Crippen molar-refractivity contribution < 1.29 is 9.90 Å². The van der Waals surface area contributed by atoms with Crippen LogP contribution in [0, 0.1) is 13.8 Å². The smallest absolute Gasteiger partial charge is 0.358 e. The van der Waals surface area contributed by atoms with Crippen molar-refractivity contribution in [2.24, 2.45) is 0 Å². The van der Waals surface area contributed by atoms with Crippen molar-refractivity contribution >= 4 is 17.3 Å². The molecule has 2 aromatic heterocycles. The summed E-state index contributed by atoms with van der Waals surface area (Å²) in [6.45, 7) is 6.64. The van der Waals surface area contributed by atoms with Gasteiger partial charge in [0.25, 0.3) is 0 Å². The third-order valence-corrected chi connectivity index (χ3v) is 4.53. The van der Waals surface area contributed by atoms with Crippen LogP contribution in [0.3, 0.4) is 0 Å². The zero-order valence-corrected chi connectivity index (χ0v) is 12.1. The van der Waals surface area contributed by atoms with Gasteiger partial charge in [-0.2, -0.15) is 0 Å². The van der Waals surface area contributed by atoms with E-state index in [4.69, 9.17) is 5.11 Å². The van der Waals surface area contributed by atoms with Gasteiger partial charge in [0.1, 0.15) is 5.01 Å². The topological polar surface area (TPSA) is 84.1 Å². The van der Waals surface area contributed by atoms with Crippen molar-refractivity contribution in [2.75, 3.05) is 13.1 Å². The Labute approximate surface area is 119 Å². The highest BCUT2D eigenvalue weighted by atomic mass is 32.1. The number of carbonyl (C=O) groups is 1. The lowest BCUT2D eigenvalue weighted by Gasteiger charge is -2.38. The number of hydrogen-bond acceptors (Lipinski definition) is 6. The van der Waals surface area contributed by atoms with Crippen LogP contribution in [0.5, 0.6) is 0 Å². The van der Waals surface area contributed by atoms with Crippen molar-refractivity contribution in [3.8, 4) is 0 Å². The number of hydrogen-bond donors (Lipinski definition) is 1. The van der Waals surface area contributed by atoms with E-state index in [9.17, 15) is 4.79 Å². The molecule has 2 aromatic rings. The lowest BCUT2D eigenvalue weighted by Crippen LogP contribution is -2.47. The molecule has 8 heteroatoms. The molecule has 1 N–H and O–H groups in total. The number of rotatable bonds is 4. The number of carboxylic acid groups (broad SMARTS) is 1. The zero-order chi connectivity index (χ0) is 14.3. The molecular formula is C12H15N5O2S. The Kier molecular flexibility index (Phi) is 3.27. The molecule has 1 aliphatic heterocycles. The summed E-state index contributed by atoms with van der Waals surface area (Å²) in [6, 6.07) is 0.206. The maximum absolute atomic E-state index is 10.7. The first-order valence-electron chi connectivity index (χ1n) is 6.33. The third kappa shape index (κ3) is 2.44. The molecule has 20 heavy (non-hydrogen) atoms. The number of likely N-dealkylation sites (tertiary alicyclic amines) is 1. The summed E-state index contributed by atoms with van der Waals surface area (Å²) in [5.41, 5.74) is 1.10. The summed E-state index contributed by atoms with van der Waals surface area (Å²) in [7, 11) is 0. The first-order chi connectivity index (χ1) is 9.52. The SMILES string of the molecule is Cc1nc(CN2CC(n3cc(C(=O)O)nn3)C2)sc1C. The van der Waals surface area contributed by atoms with Crippen LogP contribution in [-0.2, 0) is 6.54 Å². The molecule has 0 aromatic carbocycles.